The van der Waals surface area contributed by atoms with Gasteiger partial charge in [-0.1, -0.05) is 0 Å². The van der Waals surface area contributed by atoms with Gasteiger partial charge in [-0.2, -0.15) is 13.2 Å². The number of rotatable bonds is 5. The first-order chi connectivity index (χ1) is 6.81. The van der Waals surface area contributed by atoms with Gasteiger partial charge < -0.3 is 4.90 Å². The van der Waals surface area contributed by atoms with Crippen LogP contribution in [-0.4, -0.2) is 42.7 Å². The molecule has 1 atom stereocenters. The molecule has 0 aromatic rings. The van der Waals surface area contributed by atoms with Crippen molar-refractivity contribution in [2.24, 2.45) is 0 Å². The molecule has 0 aliphatic rings. The van der Waals surface area contributed by atoms with Gasteiger partial charge in [-0.25, -0.2) is 0 Å². The highest BCUT2D eigenvalue weighted by Gasteiger charge is 2.29. The summed E-state index contributed by atoms with van der Waals surface area (Å²) in [5, 5.41) is 2.16. The zero-order chi connectivity index (χ0) is 12.1. The van der Waals surface area contributed by atoms with Gasteiger partial charge in [0, 0.05) is 13.1 Å². The van der Waals surface area contributed by atoms with Crippen LogP contribution in [0.5, 0.6) is 0 Å². The first kappa shape index (κ1) is 14.2. The minimum absolute atomic E-state index is 0.302. The van der Waals surface area contributed by atoms with E-state index in [-0.39, 0.29) is 5.91 Å². The van der Waals surface area contributed by atoms with Crippen LogP contribution in [0.3, 0.4) is 0 Å². The number of halogens is 3. The van der Waals surface area contributed by atoms with Crippen LogP contribution < -0.4 is 5.32 Å². The molecule has 0 bridgehead atoms. The third-order valence-electron chi connectivity index (χ3n) is 2.05. The van der Waals surface area contributed by atoms with Crippen molar-refractivity contribution >= 4 is 5.91 Å². The SMILES string of the molecule is CCN(CC)C(=O)C(C)NCC(F)(F)F. The molecule has 0 aliphatic heterocycles. The Morgan fingerprint density at radius 3 is 2.13 bits per heavy atom. The molecular weight excluding hydrogens is 209 g/mol. The Balaban J connectivity index is 4.09. The van der Waals surface area contributed by atoms with Crippen molar-refractivity contribution in [3.05, 3.63) is 0 Å². The number of nitrogens with zero attached hydrogens (tertiary/aromatic N) is 1. The van der Waals surface area contributed by atoms with E-state index in [1.54, 1.807) is 13.8 Å². The summed E-state index contributed by atoms with van der Waals surface area (Å²) < 4.78 is 35.6. The zero-order valence-corrected chi connectivity index (χ0v) is 9.19. The summed E-state index contributed by atoms with van der Waals surface area (Å²) in [5.74, 6) is -0.302. The number of carbonyl (C=O) groups is 1. The van der Waals surface area contributed by atoms with Crippen molar-refractivity contribution in [3.8, 4) is 0 Å². The van der Waals surface area contributed by atoms with Crippen LogP contribution in [0.1, 0.15) is 20.8 Å². The Hall–Kier alpha value is -0.780. The monoisotopic (exact) mass is 226 g/mol. The molecule has 6 heteroatoms. The van der Waals surface area contributed by atoms with Crippen LogP contribution in [0, 0.1) is 0 Å². The molecular formula is C9H17F3N2O. The Morgan fingerprint density at radius 1 is 1.33 bits per heavy atom. The van der Waals surface area contributed by atoms with E-state index in [0.717, 1.165) is 0 Å². The van der Waals surface area contributed by atoms with Crippen molar-refractivity contribution < 1.29 is 18.0 Å². The number of likely N-dealkylation sites (N-methyl/N-ethyl adjacent to an activating group) is 1. The van der Waals surface area contributed by atoms with Crippen molar-refractivity contribution in [3.63, 3.8) is 0 Å². The number of alkyl halides is 3. The predicted molar refractivity (Wildman–Crippen MR) is 51.4 cm³/mol. The molecule has 1 unspecified atom stereocenters. The quantitative estimate of drug-likeness (QED) is 0.768. The molecule has 0 aromatic carbocycles. The fourth-order valence-electron chi connectivity index (χ4n) is 1.17. The lowest BCUT2D eigenvalue weighted by atomic mass is 10.3. The maximum atomic E-state index is 11.9. The van der Waals surface area contributed by atoms with E-state index in [4.69, 9.17) is 0 Å². The minimum atomic E-state index is -4.28. The van der Waals surface area contributed by atoms with E-state index >= 15 is 0 Å². The standard InChI is InChI=1S/C9H17F3N2O/c1-4-14(5-2)8(15)7(3)13-6-9(10,11)12/h7,13H,4-6H2,1-3H3. The van der Waals surface area contributed by atoms with E-state index in [1.807, 2.05) is 0 Å². The van der Waals surface area contributed by atoms with E-state index < -0.39 is 18.8 Å². The highest BCUT2D eigenvalue weighted by atomic mass is 19.4. The smallest absolute Gasteiger partial charge is 0.342 e. The van der Waals surface area contributed by atoms with Crippen LogP contribution in [0.4, 0.5) is 13.2 Å². The Kier molecular flexibility index (Phi) is 5.64. The minimum Gasteiger partial charge on any atom is -0.342 e. The molecule has 0 spiro atoms. The number of amides is 1. The molecule has 0 radical (unpaired) electrons. The summed E-state index contributed by atoms with van der Waals surface area (Å²) in [6.07, 6.45) is -4.28. The van der Waals surface area contributed by atoms with Gasteiger partial charge in [-0.15, -0.1) is 0 Å². The molecule has 1 N–H and O–H groups in total. The Bertz CT molecular complexity index is 202. The number of hydrogen-bond donors (Lipinski definition) is 1. The summed E-state index contributed by atoms with van der Waals surface area (Å²) in [7, 11) is 0. The average Bonchev–Trinajstić information content (AvgIpc) is 2.14. The van der Waals surface area contributed by atoms with Crippen molar-refractivity contribution in [1.29, 1.82) is 0 Å². The lowest BCUT2D eigenvalue weighted by molar-refractivity contribution is -0.137. The van der Waals surface area contributed by atoms with Crippen molar-refractivity contribution in [1.82, 2.24) is 10.2 Å². The molecule has 1 amide bonds. The lowest BCUT2D eigenvalue weighted by Gasteiger charge is -2.23. The van der Waals surface area contributed by atoms with Gasteiger partial charge in [0.05, 0.1) is 12.6 Å². The van der Waals surface area contributed by atoms with Crippen LogP contribution in [-0.2, 0) is 4.79 Å². The highest BCUT2D eigenvalue weighted by Crippen LogP contribution is 2.12. The summed E-state index contributed by atoms with van der Waals surface area (Å²) in [5.41, 5.74) is 0. The summed E-state index contributed by atoms with van der Waals surface area (Å²) in [6.45, 7) is 4.89. The van der Waals surface area contributed by atoms with Gasteiger partial charge in [-0.3, -0.25) is 10.1 Å². The Labute approximate surface area is 87.6 Å². The molecule has 0 fully saturated rings. The normalized spacial score (nSPS) is 13.7. The highest BCUT2D eigenvalue weighted by molar-refractivity contribution is 5.81. The molecule has 0 heterocycles. The van der Waals surface area contributed by atoms with Gasteiger partial charge in [0.25, 0.3) is 0 Å². The van der Waals surface area contributed by atoms with E-state index in [0.29, 0.717) is 13.1 Å². The average molecular weight is 226 g/mol. The summed E-state index contributed by atoms with van der Waals surface area (Å²) in [6, 6.07) is -0.800. The van der Waals surface area contributed by atoms with Crippen LogP contribution in [0.25, 0.3) is 0 Å². The first-order valence-corrected chi connectivity index (χ1v) is 4.90. The van der Waals surface area contributed by atoms with Gasteiger partial charge in [-0.05, 0) is 20.8 Å². The second-order valence-electron chi connectivity index (χ2n) is 3.23. The topological polar surface area (TPSA) is 32.3 Å². The van der Waals surface area contributed by atoms with Crippen LogP contribution in [0.2, 0.25) is 0 Å². The van der Waals surface area contributed by atoms with E-state index in [1.165, 1.54) is 11.8 Å². The molecule has 0 saturated heterocycles. The van der Waals surface area contributed by atoms with Gasteiger partial charge in [0.2, 0.25) is 5.91 Å². The second kappa shape index (κ2) is 5.95. The molecule has 0 rings (SSSR count). The maximum Gasteiger partial charge on any atom is 0.401 e. The Morgan fingerprint density at radius 2 is 1.80 bits per heavy atom. The molecule has 15 heavy (non-hydrogen) atoms. The van der Waals surface area contributed by atoms with Crippen molar-refractivity contribution in [2.45, 2.75) is 33.0 Å². The van der Waals surface area contributed by atoms with Gasteiger partial charge in [0.1, 0.15) is 0 Å². The molecule has 0 aliphatic carbocycles. The number of carbonyl (C=O) groups excluding carboxylic acids is 1. The molecule has 90 valence electrons. The predicted octanol–water partition coefficient (Wildman–Crippen LogP) is 1.40. The molecule has 0 aromatic heterocycles. The fraction of sp³-hybridized carbons (Fsp3) is 0.889. The number of nitrogens with one attached hydrogen (secondary N) is 1. The summed E-state index contributed by atoms with van der Waals surface area (Å²) >= 11 is 0. The van der Waals surface area contributed by atoms with Crippen LogP contribution in [0.15, 0.2) is 0 Å². The van der Waals surface area contributed by atoms with Crippen molar-refractivity contribution in [2.75, 3.05) is 19.6 Å². The molecule has 3 nitrogen and oxygen atoms in total. The molecule has 0 saturated carbocycles. The summed E-state index contributed by atoms with van der Waals surface area (Å²) in [4.78, 5) is 13.0. The van der Waals surface area contributed by atoms with Crippen LogP contribution >= 0.6 is 0 Å². The largest absolute Gasteiger partial charge is 0.401 e. The maximum absolute atomic E-state index is 11.9. The van der Waals surface area contributed by atoms with E-state index in [9.17, 15) is 18.0 Å². The first-order valence-electron chi connectivity index (χ1n) is 4.90. The lowest BCUT2D eigenvalue weighted by Crippen LogP contribution is -2.47. The number of hydrogen-bond acceptors (Lipinski definition) is 2. The van der Waals surface area contributed by atoms with Gasteiger partial charge in [0.15, 0.2) is 0 Å². The third kappa shape index (κ3) is 5.61. The second-order valence-corrected chi connectivity index (χ2v) is 3.23. The van der Waals surface area contributed by atoms with E-state index in [2.05, 4.69) is 5.32 Å². The van der Waals surface area contributed by atoms with Gasteiger partial charge >= 0.3 is 6.18 Å². The third-order valence-corrected chi connectivity index (χ3v) is 2.05. The zero-order valence-electron chi connectivity index (χ0n) is 9.19. The fourth-order valence-corrected chi connectivity index (χ4v) is 1.17.